The van der Waals surface area contributed by atoms with Gasteiger partial charge in [-0.05, 0) is 27.7 Å². The van der Waals surface area contributed by atoms with Crippen molar-refractivity contribution in [1.82, 2.24) is 4.67 Å². The van der Waals surface area contributed by atoms with Crippen LogP contribution in [0.3, 0.4) is 0 Å². The fourth-order valence-corrected chi connectivity index (χ4v) is 4.30. The smallest absolute Gasteiger partial charge is 0.321 e. The van der Waals surface area contributed by atoms with E-state index in [9.17, 15) is 4.39 Å². The van der Waals surface area contributed by atoms with E-state index in [-0.39, 0.29) is 30.7 Å². The predicted molar refractivity (Wildman–Crippen MR) is 95.5 cm³/mol. The van der Waals surface area contributed by atoms with Crippen LogP contribution < -0.4 is 5.73 Å². The molecule has 1 aliphatic rings. The van der Waals surface area contributed by atoms with Crippen LogP contribution in [0.1, 0.15) is 34.6 Å². The van der Waals surface area contributed by atoms with Crippen LogP contribution in [-0.4, -0.2) is 56.0 Å². The average Bonchev–Trinajstić information content (AvgIpc) is 2.71. The fourth-order valence-electron chi connectivity index (χ4n) is 2.70. The van der Waals surface area contributed by atoms with Gasteiger partial charge in [0.05, 0.1) is 25.3 Å². The molecule has 0 spiro atoms. The van der Waals surface area contributed by atoms with Gasteiger partial charge < -0.3 is 19.5 Å². The molecule has 1 saturated heterocycles. The molecule has 1 heterocycles. The van der Waals surface area contributed by atoms with Gasteiger partial charge in [0, 0.05) is 18.0 Å². The Balaban J connectivity index is 2.75. The molecule has 0 bridgehead atoms. The third-order valence-electron chi connectivity index (χ3n) is 3.96. The van der Waals surface area contributed by atoms with E-state index in [0.717, 1.165) is 0 Å². The number of rotatable bonds is 9. The first kappa shape index (κ1) is 20.8. The van der Waals surface area contributed by atoms with Crippen molar-refractivity contribution in [3.63, 3.8) is 0 Å². The molecule has 0 aliphatic carbocycles. The van der Waals surface area contributed by atoms with Crippen molar-refractivity contribution >= 4 is 16.4 Å². The van der Waals surface area contributed by atoms with E-state index in [2.05, 4.69) is 38.9 Å². The van der Waals surface area contributed by atoms with Crippen molar-refractivity contribution in [1.29, 1.82) is 0 Å². The minimum absolute atomic E-state index is 0.189. The van der Waals surface area contributed by atoms with Crippen LogP contribution in [-0.2, 0) is 13.8 Å². The number of nitrogens with two attached hydrogens (primary N) is 1. The summed E-state index contributed by atoms with van der Waals surface area (Å²) in [6, 6.07) is 0.0824. The Bertz CT molecular complexity index is 382. The summed E-state index contributed by atoms with van der Waals surface area (Å²) in [5.74, 6) is 0.297. The third kappa shape index (κ3) is 5.68. The van der Waals surface area contributed by atoms with Crippen molar-refractivity contribution in [3.05, 3.63) is 12.3 Å². The Labute approximate surface area is 142 Å². The quantitative estimate of drug-likeness (QED) is 0.393. The van der Waals surface area contributed by atoms with Crippen molar-refractivity contribution in [2.75, 3.05) is 13.2 Å². The molecule has 2 unspecified atom stereocenters. The fraction of sp³-hybridized carbons (Fsp3) is 0.867. The first-order valence-corrected chi connectivity index (χ1v) is 9.38. The summed E-state index contributed by atoms with van der Waals surface area (Å²) in [6.45, 7) is 14.5. The summed E-state index contributed by atoms with van der Waals surface area (Å²) >= 11 is 0. The molecule has 0 aromatic carbocycles. The van der Waals surface area contributed by atoms with Gasteiger partial charge in [-0.3, -0.25) is 0 Å². The third-order valence-corrected chi connectivity index (χ3v) is 6.04. The summed E-state index contributed by atoms with van der Waals surface area (Å²) < 4.78 is 33.6. The van der Waals surface area contributed by atoms with Crippen LogP contribution in [0.25, 0.3) is 0 Å². The highest BCUT2D eigenvalue weighted by atomic mass is 31.2. The Hall–Kier alpha value is -0.195. The maximum Gasteiger partial charge on any atom is 0.321 e. The normalized spacial score (nSPS) is 29.5. The van der Waals surface area contributed by atoms with Gasteiger partial charge in [0.2, 0.25) is 0 Å². The lowest BCUT2D eigenvalue weighted by Gasteiger charge is -2.36. The molecule has 0 saturated carbocycles. The van der Waals surface area contributed by atoms with Crippen LogP contribution >= 0.6 is 8.53 Å². The largest absolute Gasteiger partial charge is 0.440 e. The van der Waals surface area contributed by atoms with Gasteiger partial charge >= 0.3 is 8.53 Å². The highest BCUT2D eigenvalue weighted by Gasteiger charge is 2.40. The second-order valence-electron chi connectivity index (χ2n) is 6.62. The second-order valence-corrected chi connectivity index (χ2v) is 8.00. The molecule has 1 fully saturated rings. The number of ether oxygens (including phenoxy) is 1. The number of hydrogen-bond acceptors (Lipinski definition) is 5. The molecule has 2 N–H and O–H groups in total. The van der Waals surface area contributed by atoms with Gasteiger partial charge in [-0.2, -0.15) is 0 Å². The van der Waals surface area contributed by atoms with E-state index in [1.165, 1.54) is 0 Å². The van der Waals surface area contributed by atoms with E-state index in [4.69, 9.17) is 19.5 Å². The van der Waals surface area contributed by atoms with Crippen LogP contribution in [0.15, 0.2) is 12.3 Å². The molecule has 1 rings (SSSR count). The van der Waals surface area contributed by atoms with Gasteiger partial charge in [0.1, 0.15) is 19.8 Å². The van der Waals surface area contributed by atoms with Crippen molar-refractivity contribution in [3.8, 4) is 0 Å². The number of alkyl halides is 1. The Morgan fingerprint density at radius 1 is 1.39 bits per heavy atom. The molecule has 0 radical (unpaired) electrons. The zero-order chi connectivity index (χ0) is 17.7. The van der Waals surface area contributed by atoms with Gasteiger partial charge in [0.25, 0.3) is 0 Å². The lowest BCUT2D eigenvalue weighted by Crippen LogP contribution is -2.34. The summed E-state index contributed by atoms with van der Waals surface area (Å²) in [4.78, 5) is 0. The number of nitrogens with zero attached hydrogens (tertiary/aromatic N) is 1. The first-order valence-electron chi connectivity index (χ1n) is 8.25. The van der Waals surface area contributed by atoms with Crippen LogP contribution in [0.2, 0.25) is 0 Å². The van der Waals surface area contributed by atoms with E-state index < -0.39 is 20.7 Å². The molecule has 5 nitrogen and oxygen atoms in total. The van der Waals surface area contributed by atoms with E-state index in [1.807, 2.05) is 6.92 Å². The van der Waals surface area contributed by atoms with Crippen LogP contribution in [0, 0.1) is 5.92 Å². The molecule has 23 heavy (non-hydrogen) atoms. The highest BCUT2D eigenvalue weighted by molar-refractivity contribution is 7.44. The minimum Gasteiger partial charge on any atom is -0.440 e. The average molecular weight is 348 g/mol. The second kappa shape index (κ2) is 9.33. The zero-order valence-electron chi connectivity index (χ0n) is 15.2. The van der Waals surface area contributed by atoms with E-state index >= 15 is 0 Å². The van der Waals surface area contributed by atoms with Crippen LogP contribution in [0.4, 0.5) is 4.39 Å². The summed E-state index contributed by atoms with van der Waals surface area (Å²) in [7, 11) is 0.395. The molecule has 5 atom stereocenters. The summed E-state index contributed by atoms with van der Waals surface area (Å²) in [5.41, 5.74) is 5.59. The van der Waals surface area contributed by atoms with Crippen molar-refractivity contribution in [2.45, 2.75) is 65.0 Å². The van der Waals surface area contributed by atoms with Gasteiger partial charge in [0.15, 0.2) is 0 Å². The van der Waals surface area contributed by atoms with Crippen molar-refractivity contribution in [2.24, 2.45) is 11.7 Å². The highest BCUT2D eigenvalue weighted by Crippen LogP contribution is 2.48. The monoisotopic (exact) mass is 348 g/mol. The molecule has 134 valence electrons. The summed E-state index contributed by atoms with van der Waals surface area (Å²) in [5, 5.41) is 0. The lowest BCUT2D eigenvalue weighted by atomic mass is 9.90. The Morgan fingerprint density at radius 2 is 1.96 bits per heavy atom. The topological polar surface area (TPSA) is 57.0 Å². The maximum atomic E-state index is 13.9. The first-order chi connectivity index (χ1) is 10.7. The number of halogens is 1. The van der Waals surface area contributed by atoms with Gasteiger partial charge in [-0.25, -0.2) is 9.06 Å². The molecule has 0 amide bonds. The van der Waals surface area contributed by atoms with Crippen LogP contribution in [0.5, 0.6) is 0 Å². The molecule has 8 heteroatoms. The Morgan fingerprint density at radius 3 is 2.35 bits per heavy atom. The van der Waals surface area contributed by atoms with Gasteiger partial charge in [-0.1, -0.05) is 13.5 Å². The standard InChI is InChI=1S/C15H31BFN2O3P/c1-9(2)19(10(3)4)23(22-11(5)7-18)20-8-13-12(6)14(17)15(16)21-13/h9-10,12-15H,5,7-8,16,18H2,1-4,6H3/t12?,13-,14+,15-,23?/m1/s1. The molecule has 0 aromatic rings. The van der Waals surface area contributed by atoms with Gasteiger partial charge in [-0.15, -0.1) is 0 Å². The molecular formula is C15H31BFN2O3P. The zero-order valence-corrected chi connectivity index (χ0v) is 16.1. The Kier molecular flexibility index (Phi) is 8.46. The molecule has 0 aromatic heterocycles. The number of hydrogen-bond donors (Lipinski definition) is 1. The maximum absolute atomic E-state index is 13.9. The predicted octanol–water partition coefficient (Wildman–Crippen LogP) is 2.17. The van der Waals surface area contributed by atoms with E-state index in [0.29, 0.717) is 12.4 Å². The van der Waals surface area contributed by atoms with E-state index in [1.54, 1.807) is 7.85 Å². The SMILES string of the molecule is B[C@@H]1O[C@H](COP(OC(=C)CN)N(C(C)C)C(C)C)C(C)[C@@H]1F. The lowest BCUT2D eigenvalue weighted by molar-refractivity contribution is 0.0306. The van der Waals surface area contributed by atoms with Crippen molar-refractivity contribution < 1.29 is 18.2 Å². The summed E-state index contributed by atoms with van der Waals surface area (Å²) in [6.07, 6.45) is -1.22. The minimum atomic E-state index is -1.36. The molecule has 1 aliphatic heterocycles. The molecular weight excluding hydrogens is 317 g/mol.